The summed E-state index contributed by atoms with van der Waals surface area (Å²) < 4.78 is 24.9. The summed E-state index contributed by atoms with van der Waals surface area (Å²) in [6.07, 6.45) is -10.6. The molecule has 0 bridgehead atoms. The van der Waals surface area contributed by atoms with Crippen molar-refractivity contribution >= 4 is 0 Å². The van der Waals surface area contributed by atoms with Crippen molar-refractivity contribution in [2.75, 3.05) is 13.2 Å². The van der Waals surface area contributed by atoms with Gasteiger partial charge in [-0.2, -0.15) is 0 Å². The van der Waals surface area contributed by atoms with E-state index in [-0.39, 0.29) is 23.7 Å². The van der Waals surface area contributed by atoms with E-state index < -0.39 is 120 Å². The Labute approximate surface area is 331 Å². The van der Waals surface area contributed by atoms with Gasteiger partial charge in [0.1, 0.15) is 48.8 Å². The Morgan fingerprint density at radius 2 is 1.38 bits per heavy atom. The highest BCUT2D eigenvalue weighted by Crippen LogP contribution is 2.76. The van der Waals surface area contributed by atoms with Crippen LogP contribution in [0, 0.1) is 45.3 Å². The van der Waals surface area contributed by atoms with E-state index in [0.717, 1.165) is 19.3 Å². The average molecular weight is 801 g/mol. The monoisotopic (exact) mass is 800 g/mol. The number of aliphatic hydroxyl groups is 10. The van der Waals surface area contributed by atoms with Crippen LogP contribution in [-0.2, 0) is 18.9 Å². The molecular weight excluding hydrogens is 728 g/mol. The predicted molar refractivity (Wildman–Crippen MR) is 202 cm³/mol. The van der Waals surface area contributed by atoms with Crippen molar-refractivity contribution in [1.29, 1.82) is 0 Å². The van der Waals surface area contributed by atoms with Gasteiger partial charge in [-0.3, -0.25) is 0 Å². The van der Waals surface area contributed by atoms with E-state index in [1.54, 1.807) is 0 Å². The molecule has 0 radical (unpaired) electrons. The highest BCUT2D eigenvalue weighted by molar-refractivity contribution is 5.22. The maximum Gasteiger partial charge on any atom is 0.187 e. The highest BCUT2D eigenvalue weighted by atomic mass is 16.8. The van der Waals surface area contributed by atoms with Crippen molar-refractivity contribution in [3.63, 3.8) is 0 Å². The van der Waals surface area contributed by atoms with E-state index in [0.29, 0.717) is 32.1 Å². The summed E-state index contributed by atoms with van der Waals surface area (Å²) in [5.74, 6) is -0.623. The molecule has 56 heavy (non-hydrogen) atoms. The van der Waals surface area contributed by atoms with Crippen LogP contribution >= 0.6 is 0 Å². The van der Waals surface area contributed by atoms with E-state index in [9.17, 15) is 51.1 Å². The van der Waals surface area contributed by atoms with E-state index in [1.165, 1.54) is 5.57 Å². The number of ether oxygens (including phenoxy) is 4. The lowest BCUT2D eigenvalue weighted by Gasteiger charge is -2.72. The Hall–Kier alpha value is -0.820. The number of hydrogen-bond acceptors (Lipinski definition) is 14. The zero-order valence-electron chi connectivity index (χ0n) is 34.6. The van der Waals surface area contributed by atoms with Crippen LogP contribution < -0.4 is 0 Å². The summed E-state index contributed by atoms with van der Waals surface area (Å²) in [7, 11) is 0. The smallest absolute Gasteiger partial charge is 0.187 e. The van der Waals surface area contributed by atoms with Gasteiger partial charge in [0.2, 0.25) is 0 Å². The summed E-state index contributed by atoms with van der Waals surface area (Å²) in [5.41, 5.74) is -1.85. The first-order valence-electron chi connectivity index (χ1n) is 21.0. The van der Waals surface area contributed by atoms with Gasteiger partial charge in [-0.25, -0.2) is 0 Å². The van der Waals surface area contributed by atoms with E-state index in [4.69, 9.17) is 18.9 Å². The van der Waals surface area contributed by atoms with Gasteiger partial charge in [0.15, 0.2) is 12.6 Å². The van der Waals surface area contributed by atoms with Gasteiger partial charge < -0.3 is 70.0 Å². The van der Waals surface area contributed by atoms with Crippen LogP contribution in [0.15, 0.2) is 11.6 Å². The van der Waals surface area contributed by atoms with Crippen molar-refractivity contribution in [2.24, 2.45) is 45.3 Å². The van der Waals surface area contributed by atoms with E-state index in [2.05, 4.69) is 26.8 Å². The Morgan fingerprint density at radius 1 is 0.768 bits per heavy atom. The molecule has 0 spiro atoms. The van der Waals surface area contributed by atoms with Gasteiger partial charge in [0.25, 0.3) is 0 Å². The molecule has 4 saturated carbocycles. The molecular formula is C42H72O14. The molecule has 10 N–H and O–H groups in total. The maximum absolute atomic E-state index is 12.3. The molecule has 324 valence electrons. The molecule has 4 aliphatic carbocycles. The second-order valence-electron chi connectivity index (χ2n) is 20.3. The second-order valence-corrected chi connectivity index (χ2v) is 20.3. The first kappa shape index (κ1) is 44.7. The molecule has 2 aliphatic heterocycles. The molecule has 21 atom stereocenters. The van der Waals surface area contributed by atoms with Crippen molar-refractivity contribution < 1.29 is 70.0 Å². The van der Waals surface area contributed by atoms with Crippen molar-refractivity contribution in [1.82, 2.24) is 0 Å². The fraction of sp³-hybridized carbons (Fsp3) is 0.952. The first-order valence-corrected chi connectivity index (χ1v) is 21.0. The van der Waals surface area contributed by atoms with Crippen molar-refractivity contribution in [2.45, 2.75) is 192 Å². The fourth-order valence-corrected chi connectivity index (χ4v) is 13.4. The van der Waals surface area contributed by atoms with Crippen LogP contribution in [0.3, 0.4) is 0 Å². The zero-order valence-corrected chi connectivity index (χ0v) is 34.6. The predicted octanol–water partition coefficient (Wildman–Crippen LogP) is 1.12. The van der Waals surface area contributed by atoms with Crippen LogP contribution in [0.4, 0.5) is 0 Å². The quantitative estimate of drug-likeness (QED) is 0.110. The molecule has 6 aliphatic rings. The molecule has 6 rings (SSSR count). The topological polar surface area (TPSA) is 239 Å². The van der Waals surface area contributed by atoms with Gasteiger partial charge in [-0.1, -0.05) is 46.3 Å². The molecule has 14 heteroatoms. The third-order valence-corrected chi connectivity index (χ3v) is 16.5. The molecule has 2 heterocycles. The Balaban J connectivity index is 1.38. The van der Waals surface area contributed by atoms with Crippen LogP contribution in [-0.4, -0.2) is 150 Å². The van der Waals surface area contributed by atoms with E-state index >= 15 is 0 Å². The largest absolute Gasteiger partial charge is 0.394 e. The van der Waals surface area contributed by atoms with Crippen LogP contribution in [0.2, 0.25) is 0 Å². The molecule has 0 aromatic heterocycles. The lowest BCUT2D eigenvalue weighted by molar-refractivity contribution is -0.383. The van der Waals surface area contributed by atoms with Gasteiger partial charge >= 0.3 is 0 Å². The Bertz CT molecular complexity index is 1400. The lowest BCUT2D eigenvalue weighted by Crippen LogP contribution is -2.71. The van der Waals surface area contributed by atoms with Crippen LogP contribution in [0.1, 0.15) is 107 Å². The number of allylic oxidation sites excluding steroid dienone is 2. The minimum absolute atomic E-state index is 0.0169. The normalized spacial score (nSPS) is 52.6. The average Bonchev–Trinajstić information content (AvgIpc) is 3.51. The van der Waals surface area contributed by atoms with Crippen molar-refractivity contribution in [3.8, 4) is 0 Å². The van der Waals surface area contributed by atoms with Gasteiger partial charge in [-0.15, -0.1) is 0 Å². The minimum Gasteiger partial charge on any atom is -0.394 e. The van der Waals surface area contributed by atoms with Crippen molar-refractivity contribution in [3.05, 3.63) is 11.6 Å². The molecule has 0 aromatic rings. The molecule has 14 nitrogen and oxygen atoms in total. The number of aliphatic hydroxyl groups excluding tert-OH is 9. The van der Waals surface area contributed by atoms with Gasteiger partial charge in [0.05, 0.1) is 37.1 Å². The summed E-state index contributed by atoms with van der Waals surface area (Å²) in [6.45, 7) is 15.5. The number of hydrogen-bond donors (Lipinski definition) is 10. The maximum atomic E-state index is 12.3. The number of rotatable bonds is 10. The third-order valence-electron chi connectivity index (χ3n) is 16.5. The molecule has 2 saturated heterocycles. The molecule has 6 fully saturated rings. The summed E-state index contributed by atoms with van der Waals surface area (Å²) in [4.78, 5) is 0. The summed E-state index contributed by atoms with van der Waals surface area (Å²) >= 11 is 0. The fourth-order valence-electron chi connectivity index (χ4n) is 13.4. The minimum atomic E-state index is -1.81. The Kier molecular flexibility index (Phi) is 12.7. The molecule has 0 amide bonds. The molecule has 0 unspecified atom stereocenters. The standard InChI is InChI=1S/C42H72O14/c1-20(2)10-9-13-42(8,52)21-11-15-40(6)28(21)22(45)16-26-39(5)14-12-27(46)38(3,4)35(39)23(17-41(26,40)7)53-37-34(32(50)30(48)25(19-44)55-37)56-36-33(51)31(49)29(47)24(18-43)54-36/h10,21-37,43-52H,9,11-19H2,1-8H3/t21-,22+,23-,24-,25-,26+,27-,28-,29+,30+,31-,32-,33-,34-,35-,36-,37-,39+,40+,41+,42-/m0/s1. The van der Waals surface area contributed by atoms with Gasteiger partial charge in [-0.05, 0) is 117 Å². The molecule has 0 aromatic carbocycles. The zero-order chi connectivity index (χ0) is 41.5. The lowest BCUT2D eigenvalue weighted by atomic mass is 9.34. The SMILES string of the molecule is CC(C)=CCC[C@](C)(O)[C@H]1CC[C@]2(C)[C@@H]1[C@H](O)C[C@@H]1[C@@]3(C)CC[C@H](O)C(C)(C)[C@@H]3[C@@H](O[C@H]3O[C@@H](CO)[C@@H](O)[C@H](O)[C@@H]3O[C@@H]3O[C@@H](CO)[C@@H](O)[C@H](O)[C@@H]3O)C[C@]12C. The summed E-state index contributed by atoms with van der Waals surface area (Å²) in [6, 6.07) is 0. The summed E-state index contributed by atoms with van der Waals surface area (Å²) in [5, 5.41) is 110. The third kappa shape index (κ3) is 7.16. The number of fused-ring (bicyclic) bond motifs is 5. The van der Waals surface area contributed by atoms with Gasteiger partial charge in [0, 0.05) is 0 Å². The highest BCUT2D eigenvalue weighted by Gasteiger charge is 2.73. The Morgan fingerprint density at radius 3 is 1.98 bits per heavy atom. The van der Waals surface area contributed by atoms with E-state index in [1.807, 2.05) is 34.6 Å². The second kappa shape index (κ2) is 15.9. The van der Waals surface area contributed by atoms with Crippen LogP contribution in [0.25, 0.3) is 0 Å². The van der Waals surface area contributed by atoms with Crippen LogP contribution in [0.5, 0.6) is 0 Å². The first-order chi connectivity index (χ1) is 26.0.